The van der Waals surface area contributed by atoms with E-state index in [1.165, 1.54) is 35.8 Å². The molecule has 2 aromatic rings. The molecular formula is C16H19ClN2S. The maximum Gasteiger partial charge on any atom is 0.0972 e. The smallest absolute Gasteiger partial charge is 0.0972 e. The van der Waals surface area contributed by atoms with E-state index in [1.807, 2.05) is 12.1 Å². The fourth-order valence-electron chi connectivity index (χ4n) is 2.68. The third-order valence-electron chi connectivity index (χ3n) is 3.76. The quantitative estimate of drug-likeness (QED) is 0.840. The van der Waals surface area contributed by atoms with E-state index in [9.17, 15) is 0 Å². The largest absolute Gasteiger partial charge is 0.297 e. The maximum atomic E-state index is 5.91. The molecule has 2 heterocycles. The van der Waals surface area contributed by atoms with Crippen molar-refractivity contribution in [3.63, 3.8) is 0 Å². The summed E-state index contributed by atoms with van der Waals surface area (Å²) in [5.74, 6) is 0.835. The normalized spacial score (nSPS) is 19.6. The van der Waals surface area contributed by atoms with E-state index in [2.05, 4.69) is 29.3 Å². The number of halogens is 1. The van der Waals surface area contributed by atoms with Gasteiger partial charge in [0, 0.05) is 29.9 Å². The molecule has 3 rings (SSSR count). The summed E-state index contributed by atoms with van der Waals surface area (Å²) >= 11 is 7.67. The van der Waals surface area contributed by atoms with Gasteiger partial charge in [0.1, 0.15) is 0 Å². The molecule has 1 aliphatic rings. The molecule has 2 nitrogen and oxygen atoms in total. The van der Waals surface area contributed by atoms with Crippen LogP contribution in [-0.4, -0.2) is 23.0 Å². The molecule has 0 saturated carbocycles. The van der Waals surface area contributed by atoms with Crippen molar-refractivity contribution < 1.29 is 0 Å². The lowest BCUT2D eigenvalue weighted by atomic mass is 10.2. The number of hydrogen-bond acceptors (Lipinski definition) is 3. The van der Waals surface area contributed by atoms with Crippen LogP contribution >= 0.6 is 22.9 Å². The zero-order chi connectivity index (χ0) is 13.9. The Balaban J connectivity index is 1.60. The highest BCUT2D eigenvalue weighted by molar-refractivity contribution is 7.09. The third kappa shape index (κ3) is 3.60. The van der Waals surface area contributed by atoms with Crippen LogP contribution < -0.4 is 0 Å². The Bertz CT molecular complexity index is 564. The average molecular weight is 307 g/mol. The molecule has 1 fully saturated rings. The second kappa shape index (κ2) is 6.25. The molecule has 1 aromatic heterocycles. The maximum absolute atomic E-state index is 5.91. The Labute approximate surface area is 129 Å². The molecule has 0 N–H and O–H groups in total. The molecule has 0 spiro atoms. The van der Waals surface area contributed by atoms with Gasteiger partial charge in [-0.2, -0.15) is 0 Å². The van der Waals surface area contributed by atoms with Gasteiger partial charge in [0.15, 0.2) is 0 Å². The highest BCUT2D eigenvalue weighted by Crippen LogP contribution is 2.20. The summed E-state index contributed by atoms with van der Waals surface area (Å²) in [4.78, 5) is 7.27. The van der Waals surface area contributed by atoms with Crippen molar-refractivity contribution in [1.82, 2.24) is 9.88 Å². The highest BCUT2D eigenvalue weighted by Gasteiger charge is 2.19. The molecule has 0 radical (unpaired) electrons. The van der Waals surface area contributed by atoms with E-state index in [-0.39, 0.29) is 0 Å². The number of hydrogen-bond donors (Lipinski definition) is 0. The number of aromatic nitrogens is 1. The van der Waals surface area contributed by atoms with Gasteiger partial charge in [0.25, 0.3) is 0 Å². The SMILES string of the molecule is CC1CCN(Cc2csc(Cc3ccc(Cl)cc3)n2)C1. The van der Waals surface area contributed by atoms with Crippen molar-refractivity contribution in [3.8, 4) is 0 Å². The lowest BCUT2D eigenvalue weighted by Gasteiger charge is -2.12. The fraction of sp³-hybridized carbons (Fsp3) is 0.438. The zero-order valence-corrected chi connectivity index (χ0v) is 13.3. The minimum Gasteiger partial charge on any atom is -0.297 e. The average Bonchev–Trinajstić information content (AvgIpc) is 3.02. The number of thiazole rings is 1. The first-order valence-corrected chi connectivity index (χ1v) is 8.35. The molecule has 0 aliphatic carbocycles. The van der Waals surface area contributed by atoms with Gasteiger partial charge in [-0.25, -0.2) is 4.98 Å². The fourth-order valence-corrected chi connectivity index (χ4v) is 3.62. The summed E-state index contributed by atoms with van der Waals surface area (Å²) in [6.07, 6.45) is 2.22. The van der Waals surface area contributed by atoms with Crippen LogP contribution in [0, 0.1) is 5.92 Å². The highest BCUT2D eigenvalue weighted by atomic mass is 35.5. The number of rotatable bonds is 4. The van der Waals surface area contributed by atoms with Crippen molar-refractivity contribution in [2.45, 2.75) is 26.3 Å². The second-order valence-electron chi connectivity index (χ2n) is 5.66. The minimum absolute atomic E-state index is 0.789. The van der Waals surface area contributed by atoms with Gasteiger partial charge in [-0.3, -0.25) is 4.90 Å². The molecule has 1 saturated heterocycles. The van der Waals surface area contributed by atoms with Crippen molar-refractivity contribution in [1.29, 1.82) is 0 Å². The van der Waals surface area contributed by atoms with Crippen LogP contribution in [0.15, 0.2) is 29.6 Å². The van der Waals surface area contributed by atoms with Crippen molar-refractivity contribution in [3.05, 3.63) is 50.9 Å². The van der Waals surface area contributed by atoms with E-state index in [4.69, 9.17) is 16.6 Å². The van der Waals surface area contributed by atoms with E-state index in [0.29, 0.717) is 0 Å². The molecule has 1 aliphatic heterocycles. The van der Waals surface area contributed by atoms with Crippen LogP contribution in [0.25, 0.3) is 0 Å². The molecule has 20 heavy (non-hydrogen) atoms. The summed E-state index contributed by atoms with van der Waals surface area (Å²) in [7, 11) is 0. The van der Waals surface area contributed by atoms with Gasteiger partial charge < -0.3 is 0 Å². The topological polar surface area (TPSA) is 16.1 Å². The zero-order valence-electron chi connectivity index (χ0n) is 11.7. The van der Waals surface area contributed by atoms with Gasteiger partial charge in [-0.05, 0) is 36.6 Å². The lowest BCUT2D eigenvalue weighted by Crippen LogP contribution is -2.19. The first-order chi connectivity index (χ1) is 9.69. The summed E-state index contributed by atoms with van der Waals surface area (Å²) in [5.41, 5.74) is 2.48. The predicted octanol–water partition coefficient (Wildman–Crippen LogP) is 4.23. The first kappa shape index (κ1) is 14.1. The Kier molecular flexibility index (Phi) is 4.39. The van der Waals surface area contributed by atoms with Crippen LogP contribution in [0.4, 0.5) is 0 Å². The Hall–Kier alpha value is -0.900. The summed E-state index contributed by atoms with van der Waals surface area (Å²) in [6, 6.07) is 8.03. The standard InChI is InChI=1S/C16H19ClN2S/c1-12-6-7-19(9-12)10-15-11-20-16(18-15)8-13-2-4-14(17)5-3-13/h2-5,11-12H,6-10H2,1H3. The van der Waals surface area contributed by atoms with Crippen LogP contribution in [0.3, 0.4) is 0 Å². The van der Waals surface area contributed by atoms with E-state index in [1.54, 1.807) is 11.3 Å². The molecule has 106 valence electrons. The summed E-state index contributed by atoms with van der Waals surface area (Å²) in [6.45, 7) is 5.75. The van der Waals surface area contributed by atoms with Crippen LogP contribution in [-0.2, 0) is 13.0 Å². The van der Waals surface area contributed by atoms with Crippen molar-refractivity contribution in [2.24, 2.45) is 5.92 Å². The molecule has 0 amide bonds. The summed E-state index contributed by atoms with van der Waals surface area (Å²) in [5, 5.41) is 4.18. The van der Waals surface area contributed by atoms with Gasteiger partial charge in [0.2, 0.25) is 0 Å². The molecule has 1 unspecified atom stereocenters. The molecular weight excluding hydrogens is 288 g/mol. The molecule has 1 aromatic carbocycles. The second-order valence-corrected chi connectivity index (χ2v) is 7.04. The lowest BCUT2D eigenvalue weighted by molar-refractivity contribution is 0.317. The van der Waals surface area contributed by atoms with E-state index >= 15 is 0 Å². The predicted molar refractivity (Wildman–Crippen MR) is 85.4 cm³/mol. The number of nitrogens with zero attached hydrogens (tertiary/aromatic N) is 2. The molecule has 0 bridgehead atoms. The first-order valence-electron chi connectivity index (χ1n) is 7.09. The van der Waals surface area contributed by atoms with E-state index in [0.717, 1.165) is 23.9 Å². The molecule has 1 atom stereocenters. The van der Waals surface area contributed by atoms with Crippen LogP contribution in [0.1, 0.15) is 29.6 Å². The van der Waals surface area contributed by atoms with Crippen molar-refractivity contribution in [2.75, 3.05) is 13.1 Å². The van der Waals surface area contributed by atoms with Gasteiger partial charge in [-0.15, -0.1) is 11.3 Å². The van der Waals surface area contributed by atoms with Crippen molar-refractivity contribution >= 4 is 22.9 Å². The number of benzene rings is 1. The van der Waals surface area contributed by atoms with Gasteiger partial charge >= 0.3 is 0 Å². The number of likely N-dealkylation sites (tertiary alicyclic amines) is 1. The Morgan fingerprint density at radius 3 is 2.85 bits per heavy atom. The van der Waals surface area contributed by atoms with E-state index < -0.39 is 0 Å². The third-order valence-corrected chi connectivity index (χ3v) is 4.91. The summed E-state index contributed by atoms with van der Waals surface area (Å²) < 4.78 is 0. The minimum atomic E-state index is 0.789. The van der Waals surface area contributed by atoms with Crippen LogP contribution in [0.2, 0.25) is 5.02 Å². The monoisotopic (exact) mass is 306 g/mol. The Morgan fingerprint density at radius 2 is 2.15 bits per heavy atom. The van der Waals surface area contributed by atoms with Gasteiger partial charge in [0.05, 0.1) is 10.7 Å². The Morgan fingerprint density at radius 1 is 1.35 bits per heavy atom. The van der Waals surface area contributed by atoms with Gasteiger partial charge in [-0.1, -0.05) is 30.7 Å². The van der Waals surface area contributed by atoms with Crippen LogP contribution in [0.5, 0.6) is 0 Å². The molecule has 4 heteroatoms.